The zero-order chi connectivity index (χ0) is 11.1. The molecule has 0 radical (unpaired) electrons. The summed E-state index contributed by atoms with van der Waals surface area (Å²) in [5, 5.41) is 3.06. The van der Waals surface area contributed by atoms with E-state index in [1.807, 2.05) is 25.2 Å². The molecule has 0 saturated heterocycles. The Labute approximate surface area is 89.4 Å². The Hall–Kier alpha value is -1.35. The maximum Gasteiger partial charge on any atom is 0.209 e. The Kier molecular flexibility index (Phi) is 2.27. The van der Waals surface area contributed by atoms with Gasteiger partial charge in [0.25, 0.3) is 0 Å². The summed E-state index contributed by atoms with van der Waals surface area (Å²) in [4.78, 5) is 11.9. The quantitative estimate of drug-likeness (QED) is 0.799. The van der Waals surface area contributed by atoms with Crippen LogP contribution in [-0.4, -0.2) is 18.4 Å². The summed E-state index contributed by atoms with van der Waals surface area (Å²) in [5.74, 6) is 0.764. The highest BCUT2D eigenvalue weighted by Crippen LogP contribution is 2.35. The van der Waals surface area contributed by atoms with E-state index in [9.17, 15) is 4.79 Å². The first kappa shape index (κ1) is 10.2. The van der Waals surface area contributed by atoms with E-state index in [1.165, 1.54) is 0 Å². The smallest absolute Gasteiger partial charge is 0.209 e. The first-order chi connectivity index (χ1) is 7.04. The summed E-state index contributed by atoms with van der Waals surface area (Å²) in [6, 6.07) is 5.75. The van der Waals surface area contributed by atoms with Crippen LogP contribution in [0, 0.1) is 0 Å². The molecular formula is C12H15NO2. The number of hydrogen-bond donors (Lipinski definition) is 1. The number of Topliss-reactive ketones (excluding diaryl/α,β-unsaturated/α-hetero) is 1. The monoisotopic (exact) mass is 205 g/mol. The van der Waals surface area contributed by atoms with Gasteiger partial charge in [0.05, 0.1) is 5.56 Å². The number of carbonyl (C=O) groups excluding carboxylic acids is 1. The predicted octanol–water partition coefficient (Wildman–Crippen LogP) is 1.76. The van der Waals surface area contributed by atoms with Crippen LogP contribution in [0.15, 0.2) is 18.2 Å². The SMILES string of the molecule is CNCc1ccc2c(c1)C(=O)C(C)(C)O2. The van der Waals surface area contributed by atoms with Crippen LogP contribution >= 0.6 is 0 Å². The second-order valence-electron chi connectivity index (χ2n) is 4.30. The van der Waals surface area contributed by atoms with Gasteiger partial charge in [-0.1, -0.05) is 6.07 Å². The van der Waals surface area contributed by atoms with E-state index < -0.39 is 5.60 Å². The fourth-order valence-electron chi connectivity index (χ4n) is 1.80. The van der Waals surface area contributed by atoms with Gasteiger partial charge in [0.2, 0.25) is 5.78 Å². The fourth-order valence-corrected chi connectivity index (χ4v) is 1.80. The maximum atomic E-state index is 11.9. The third-order valence-electron chi connectivity index (χ3n) is 2.58. The molecule has 1 aromatic rings. The first-order valence-corrected chi connectivity index (χ1v) is 5.06. The van der Waals surface area contributed by atoms with E-state index in [2.05, 4.69) is 5.32 Å². The number of ether oxygens (including phenoxy) is 1. The van der Waals surface area contributed by atoms with Crippen LogP contribution in [0.1, 0.15) is 29.8 Å². The van der Waals surface area contributed by atoms with Crippen LogP contribution in [-0.2, 0) is 6.54 Å². The van der Waals surface area contributed by atoms with Gasteiger partial charge in [-0.3, -0.25) is 4.79 Å². The molecule has 0 atom stereocenters. The van der Waals surface area contributed by atoms with Gasteiger partial charge in [0.1, 0.15) is 5.75 Å². The normalized spacial score (nSPS) is 17.4. The molecule has 15 heavy (non-hydrogen) atoms. The lowest BCUT2D eigenvalue weighted by atomic mass is 9.98. The Morgan fingerprint density at radius 3 is 2.80 bits per heavy atom. The molecule has 1 aliphatic rings. The average Bonchev–Trinajstić information content (AvgIpc) is 2.40. The molecule has 3 nitrogen and oxygen atoms in total. The fraction of sp³-hybridized carbons (Fsp3) is 0.417. The molecule has 2 rings (SSSR count). The average molecular weight is 205 g/mol. The molecule has 3 heteroatoms. The number of ketones is 1. The topological polar surface area (TPSA) is 38.3 Å². The van der Waals surface area contributed by atoms with Crippen LogP contribution in [0.4, 0.5) is 0 Å². The summed E-state index contributed by atoms with van der Waals surface area (Å²) in [6.07, 6.45) is 0. The first-order valence-electron chi connectivity index (χ1n) is 5.06. The molecule has 0 aliphatic carbocycles. The minimum Gasteiger partial charge on any atom is -0.479 e. The van der Waals surface area contributed by atoms with Crippen molar-refractivity contribution < 1.29 is 9.53 Å². The summed E-state index contributed by atoms with van der Waals surface area (Å²) < 4.78 is 5.57. The molecule has 0 unspecified atom stereocenters. The second-order valence-corrected chi connectivity index (χ2v) is 4.30. The summed E-state index contributed by atoms with van der Waals surface area (Å²) in [5.41, 5.74) is 1.10. The highest BCUT2D eigenvalue weighted by atomic mass is 16.5. The lowest BCUT2D eigenvalue weighted by molar-refractivity contribution is 0.0684. The van der Waals surface area contributed by atoms with Crippen molar-refractivity contribution in [3.63, 3.8) is 0 Å². The van der Waals surface area contributed by atoms with Crippen molar-refractivity contribution in [1.29, 1.82) is 0 Å². The minimum atomic E-state index is -0.708. The molecule has 0 fully saturated rings. The molecule has 1 heterocycles. The van der Waals surface area contributed by atoms with Crippen molar-refractivity contribution in [2.24, 2.45) is 0 Å². The van der Waals surface area contributed by atoms with Gasteiger partial charge in [-0.15, -0.1) is 0 Å². The van der Waals surface area contributed by atoms with E-state index in [0.29, 0.717) is 11.3 Å². The van der Waals surface area contributed by atoms with E-state index in [4.69, 9.17) is 4.74 Å². The van der Waals surface area contributed by atoms with Crippen LogP contribution in [0.2, 0.25) is 0 Å². The number of rotatable bonds is 2. The van der Waals surface area contributed by atoms with E-state index >= 15 is 0 Å². The molecule has 1 aliphatic heterocycles. The minimum absolute atomic E-state index is 0.0652. The van der Waals surface area contributed by atoms with Gasteiger partial charge >= 0.3 is 0 Å². The van der Waals surface area contributed by atoms with Gasteiger partial charge in [0.15, 0.2) is 5.60 Å². The van der Waals surface area contributed by atoms with Crippen molar-refractivity contribution in [2.45, 2.75) is 26.0 Å². The zero-order valence-electron chi connectivity index (χ0n) is 9.26. The molecular weight excluding hydrogens is 190 g/mol. The van der Waals surface area contributed by atoms with E-state index in [-0.39, 0.29) is 5.78 Å². The molecule has 80 valence electrons. The second kappa shape index (κ2) is 3.35. The lowest BCUT2D eigenvalue weighted by Gasteiger charge is -2.14. The van der Waals surface area contributed by atoms with Crippen molar-refractivity contribution in [3.05, 3.63) is 29.3 Å². The van der Waals surface area contributed by atoms with Gasteiger partial charge in [0, 0.05) is 6.54 Å². The highest BCUT2D eigenvalue weighted by molar-refractivity contribution is 6.07. The van der Waals surface area contributed by atoms with Crippen LogP contribution in [0.25, 0.3) is 0 Å². The van der Waals surface area contributed by atoms with Crippen LogP contribution in [0.5, 0.6) is 5.75 Å². The van der Waals surface area contributed by atoms with Gasteiger partial charge in [-0.2, -0.15) is 0 Å². The van der Waals surface area contributed by atoms with E-state index in [0.717, 1.165) is 12.1 Å². The summed E-state index contributed by atoms with van der Waals surface area (Å²) >= 11 is 0. The zero-order valence-corrected chi connectivity index (χ0v) is 9.26. The Balaban J connectivity index is 2.40. The number of nitrogens with one attached hydrogen (secondary N) is 1. The van der Waals surface area contributed by atoms with Crippen LogP contribution in [0.3, 0.4) is 0 Å². The van der Waals surface area contributed by atoms with Gasteiger partial charge in [-0.25, -0.2) is 0 Å². The standard InChI is InChI=1S/C12H15NO2/c1-12(2)11(14)9-6-8(7-13-3)4-5-10(9)15-12/h4-6,13H,7H2,1-3H3. The van der Waals surface area contributed by atoms with Gasteiger partial charge < -0.3 is 10.1 Å². The van der Waals surface area contributed by atoms with Crippen molar-refractivity contribution in [2.75, 3.05) is 7.05 Å². The largest absolute Gasteiger partial charge is 0.479 e. The number of fused-ring (bicyclic) bond motifs is 1. The summed E-state index contributed by atoms with van der Waals surface area (Å²) in [7, 11) is 1.88. The third kappa shape index (κ3) is 1.63. The van der Waals surface area contributed by atoms with Crippen molar-refractivity contribution >= 4 is 5.78 Å². The van der Waals surface area contributed by atoms with E-state index in [1.54, 1.807) is 13.8 Å². The lowest BCUT2D eigenvalue weighted by Crippen LogP contribution is -2.31. The Morgan fingerprint density at radius 2 is 2.13 bits per heavy atom. The Bertz CT molecular complexity index is 410. The van der Waals surface area contributed by atoms with Gasteiger partial charge in [-0.05, 0) is 38.6 Å². The summed E-state index contributed by atoms with van der Waals surface area (Å²) in [6.45, 7) is 4.36. The molecule has 0 amide bonds. The maximum absolute atomic E-state index is 11.9. The predicted molar refractivity (Wildman–Crippen MR) is 58.2 cm³/mol. The molecule has 0 aromatic heterocycles. The van der Waals surface area contributed by atoms with Crippen LogP contribution < -0.4 is 10.1 Å². The number of hydrogen-bond acceptors (Lipinski definition) is 3. The Morgan fingerprint density at radius 1 is 1.40 bits per heavy atom. The third-order valence-corrected chi connectivity index (χ3v) is 2.58. The number of benzene rings is 1. The molecule has 1 aromatic carbocycles. The number of carbonyl (C=O) groups is 1. The molecule has 0 spiro atoms. The molecule has 1 N–H and O–H groups in total. The molecule has 0 bridgehead atoms. The molecule has 0 saturated carbocycles. The van der Waals surface area contributed by atoms with Crippen molar-refractivity contribution in [1.82, 2.24) is 5.32 Å². The highest BCUT2D eigenvalue weighted by Gasteiger charge is 2.39. The van der Waals surface area contributed by atoms with Crippen molar-refractivity contribution in [3.8, 4) is 5.75 Å².